The van der Waals surface area contributed by atoms with Gasteiger partial charge in [-0.3, -0.25) is 14.4 Å². The molecule has 2 N–H and O–H groups in total. The summed E-state index contributed by atoms with van der Waals surface area (Å²) in [7, 11) is 1.21. The van der Waals surface area contributed by atoms with Gasteiger partial charge in [-0.05, 0) is 54.2 Å². The summed E-state index contributed by atoms with van der Waals surface area (Å²) in [4.78, 5) is 38.1. The Balaban J connectivity index is 1.89. The van der Waals surface area contributed by atoms with E-state index in [0.29, 0.717) is 17.2 Å². The Kier molecular flexibility index (Phi) is 8.36. The fourth-order valence-electron chi connectivity index (χ4n) is 3.92. The fourth-order valence-corrected chi connectivity index (χ4v) is 4.77. The highest BCUT2D eigenvalue weighted by Gasteiger charge is 2.44. The molecule has 8 heteroatoms. The van der Waals surface area contributed by atoms with Gasteiger partial charge in [0.25, 0.3) is 0 Å². The molecule has 0 aliphatic carbocycles. The van der Waals surface area contributed by atoms with E-state index in [1.165, 1.54) is 7.11 Å². The first-order valence-electron chi connectivity index (χ1n) is 11.3. The number of carbonyl (C=O) groups excluding carboxylic acids is 3. The molecule has 0 fully saturated rings. The molecule has 2 atom stereocenters. The van der Waals surface area contributed by atoms with Crippen molar-refractivity contribution in [1.29, 1.82) is 5.26 Å². The van der Waals surface area contributed by atoms with Crippen molar-refractivity contribution >= 4 is 35.2 Å². The molecule has 0 spiro atoms. The third-order valence-electron chi connectivity index (χ3n) is 6.08. The van der Waals surface area contributed by atoms with Crippen molar-refractivity contribution in [1.82, 2.24) is 5.32 Å². The van der Waals surface area contributed by atoms with Crippen LogP contribution in [0.25, 0.3) is 0 Å². The standard InChI is InChI=1S/C27H29N3O4S/c1-15(2)18-7-9-19(10-8-18)23-21(13-28)26(30-25(32)24(23)27(33)34-5)35-14-22(31)29-20-11-6-16(3)17(4)12-20/h6-12,15,23-24H,14H2,1-5H3,(H,29,31)(H,30,32)/t23-,24+/m0/s1. The summed E-state index contributed by atoms with van der Waals surface area (Å²) in [6, 6.07) is 15.3. The quantitative estimate of drug-likeness (QED) is 0.435. The number of esters is 1. The molecule has 1 heterocycles. The number of anilines is 1. The number of methoxy groups -OCH3 is 1. The number of rotatable bonds is 7. The van der Waals surface area contributed by atoms with Crippen LogP contribution in [-0.4, -0.2) is 30.6 Å². The lowest BCUT2D eigenvalue weighted by Gasteiger charge is -2.31. The Bertz CT molecular complexity index is 1210. The maximum Gasteiger partial charge on any atom is 0.319 e. The van der Waals surface area contributed by atoms with Crippen molar-refractivity contribution in [2.24, 2.45) is 5.92 Å². The molecule has 3 rings (SSSR count). The zero-order chi connectivity index (χ0) is 25.7. The minimum absolute atomic E-state index is 0.0182. The molecule has 2 aromatic rings. The van der Waals surface area contributed by atoms with Gasteiger partial charge in [0, 0.05) is 11.6 Å². The van der Waals surface area contributed by atoms with Gasteiger partial charge in [-0.1, -0.05) is 55.9 Å². The number of ether oxygens (including phenoxy) is 1. The van der Waals surface area contributed by atoms with E-state index < -0.39 is 23.7 Å². The van der Waals surface area contributed by atoms with Gasteiger partial charge in [-0.2, -0.15) is 5.26 Å². The molecule has 2 aromatic carbocycles. The Labute approximate surface area is 209 Å². The highest BCUT2D eigenvalue weighted by molar-refractivity contribution is 8.03. The van der Waals surface area contributed by atoms with Gasteiger partial charge in [0.05, 0.1) is 29.5 Å². The molecule has 0 bridgehead atoms. The molecule has 1 aliphatic heterocycles. The zero-order valence-electron chi connectivity index (χ0n) is 20.5. The van der Waals surface area contributed by atoms with Crippen LogP contribution in [0.15, 0.2) is 53.1 Å². The Hall–Kier alpha value is -3.57. The largest absolute Gasteiger partial charge is 0.468 e. The van der Waals surface area contributed by atoms with Crippen molar-refractivity contribution in [2.45, 2.75) is 39.5 Å². The van der Waals surface area contributed by atoms with Crippen molar-refractivity contribution < 1.29 is 19.1 Å². The smallest absolute Gasteiger partial charge is 0.319 e. The van der Waals surface area contributed by atoms with E-state index in [1.54, 1.807) is 0 Å². The van der Waals surface area contributed by atoms with Crippen LogP contribution in [0.2, 0.25) is 0 Å². The summed E-state index contributed by atoms with van der Waals surface area (Å²) in [5, 5.41) is 15.8. The van der Waals surface area contributed by atoms with Crippen LogP contribution in [0.1, 0.15) is 47.9 Å². The molecule has 7 nitrogen and oxygen atoms in total. The van der Waals surface area contributed by atoms with Crippen molar-refractivity contribution in [2.75, 3.05) is 18.2 Å². The number of thioether (sulfide) groups is 1. The SMILES string of the molecule is COC(=O)[C@H]1C(=O)NC(SCC(=O)Nc2ccc(C)c(C)c2)=C(C#N)[C@@H]1c1ccc(C(C)C)cc1. The first kappa shape index (κ1) is 26.0. The molecule has 1 aliphatic rings. The number of carbonyl (C=O) groups is 3. The highest BCUT2D eigenvalue weighted by atomic mass is 32.2. The van der Waals surface area contributed by atoms with Crippen molar-refractivity contribution in [3.63, 3.8) is 0 Å². The maximum absolute atomic E-state index is 13.0. The Morgan fingerprint density at radius 3 is 2.40 bits per heavy atom. The van der Waals surface area contributed by atoms with Crippen LogP contribution < -0.4 is 10.6 Å². The van der Waals surface area contributed by atoms with Crippen LogP contribution >= 0.6 is 11.8 Å². The normalized spacial score (nSPS) is 17.6. The van der Waals surface area contributed by atoms with E-state index in [1.807, 2.05) is 56.3 Å². The summed E-state index contributed by atoms with van der Waals surface area (Å²) in [5.74, 6) is -3.28. The lowest BCUT2D eigenvalue weighted by molar-refractivity contribution is -0.150. The third kappa shape index (κ3) is 5.92. The second kappa shape index (κ2) is 11.2. The second-order valence-corrected chi connectivity index (χ2v) is 9.77. The number of aryl methyl sites for hydroxylation is 2. The Morgan fingerprint density at radius 2 is 1.83 bits per heavy atom. The van der Waals surface area contributed by atoms with Gasteiger partial charge in [-0.25, -0.2) is 0 Å². The average Bonchev–Trinajstić information content (AvgIpc) is 2.84. The molecule has 0 saturated heterocycles. The minimum atomic E-state index is -1.20. The molecule has 35 heavy (non-hydrogen) atoms. The van der Waals surface area contributed by atoms with Crippen LogP contribution in [0.5, 0.6) is 0 Å². The Morgan fingerprint density at radius 1 is 1.14 bits per heavy atom. The van der Waals surface area contributed by atoms with E-state index >= 15 is 0 Å². The molecule has 2 amide bonds. The third-order valence-corrected chi connectivity index (χ3v) is 7.10. The summed E-state index contributed by atoms with van der Waals surface area (Å²) >= 11 is 1.06. The predicted octanol–water partition coefficient (Wildman–Crippen LogP) is 4.54. The van der Waals surface area contributed by atoms with Crippen molar-refractivity contribution in [3.8, 4) is 6.07 Å². The molecular formula is C27H29N3O4S. The lowest BCUT2D eigenvalue weighted by Crippen LogP contribution is -2.44. The van der Waals surface area contributed by atoms with E-state index in [0.717, 1.165) is 28.5 Å². The minimum Gasteiger partial charge on any atom is -0.468 e. The number of amides is 2. The fraction of sp³-hybridized carbons (Fsp3) is 0.333. The van der Waals surface area contributed by atoms with Gasteiger partial charge >= 0.3 is 5.97 Å². The molecule has 0 aromatic heterocycles. The monoisotopic (exact) mass is 491 g/mol. The van der Waals surface area contributed by atoms with E-state index in [4.69, 9.17) is 4.74 Å². The number of nitriles is 1. The predicted molar refractivity (Wildman–Crippen MR) is 137 cm³/mol. The number of nitrogens with one attached hydrogen (secondary N) is 2. The molecule has 0 saturated carbocycles. The molecule has 182 valence electrons. The number of benzene rings is 2. The van der Waals surface area contributed by atoms with Crippen LogP contribution in [0, 0.1) is 31.1 Å². The van der Waals surface area contributed by atoms with E-state index in [9.17, 15) is 19.6 Å². The topological polar surface area (TPSA) is 108 Å². The summed E-state index contributed by atoms with van der Waals surface area (Å²) < 4.78 is 4.88. The van der Waals surface area contributed by atoms with E-state index in [-0.39, 0.29) is 22.3 Å². The summed E-state index contributed by atoms with van der Waals surface area (Å²) in [6.07, 6.45) is 0. The van der Waals surface area contributed by atoms with Crippen LogP contribution in [-0.2, 0) is 19.1 Å². The van der Waals surface area contributed by atoms with Gasteiger partial charge in [0.2, 0.25) is 11.8 Å². The van der Waals surface area contributed by atoms with E-state index in [2.05, 4.69) is 30.6 Å². The molecular weight excluding hydrogens is 462 g/mol. The first-order valence-corrected chi connectivity index (χ1v) is 12.3. The van der Waals surface area contributed by atoms with Gasteiger partial charge in [0.1, 0.15) is 5.92 Å². The van der Waals surface area contributed by atoms with Crippen LogP contribution in [0.4, 0.5) is 5.69 Å². The highest BCUT2D eigenvalue weighted by Crippen LogP contribution is 2.40. The average molecular weight is 492 g/mol. The maximum atomic E-state index is 13.0. The molecule has 0 unspecified atom stereocenters. The number of nitrogens with zero attached hydrogens (tertiary/aromatic N) is 1. The van der Waals surface area contributed by atoms with Gasteiger partial charge < -0.3 is 15.4 Å². The second-order valence-electron chi connectivity index (χ2n) is 8.78. The summed E-state index contributed by atoms with van der Waals surface area (Å²) in [6.45, 7) is 8.09. The number of hydrogen-bond donors (Lipinski definition) is 2. The molecule has 0 radical (unpaired) electrons. The van der Waals surface area contributed by atoms with Gasteiger partial charge in [-0.15, -0.1) is 0 Å². The lowest BCUT2D eigenvalue weighted by atomic mass is 9.78. The number of hydrogen-bond acceptors (Lipinski definition) is 6. The van der Waals surface area contributed by atoms with Gasteiger partial charge in [0.15, 0.2) is 0 Å². The van der Waals surface area contributed by atoms with Crippen LogP contribution in [0.3, 0.4) is 0 Å². The van der Waals surface area contributed by atoms with Crippen molar-refractivity contribution in [3.05, 3.63) is 75.3 Å². The summed E-state index contributed by atoms with van der Waals surface area (Å²) in [5.41, 5.74) is 4.84. The number of allylic oxidation sites excluding steroid dienone is 1. The first-order chi connectivity index (χ1) is 16.7. The zero-order valence-corrected chi connectivity index (χ0v) is 21.3.